The van der Waals surface area contributed by atoms with Crippen LogP contribution in [0.1, 0.15) is 55.8 Å². The normalized spacial score (nSPS) is 22.9. The molecule has 162 valence electrons. The average molecular weight is 434 g/mol. The van der Waals surface area contributed by atoms with Crippen molar-refractivity contribution >= 4 is 26.7 Å². The summed E-state index contributed by atoms with van der Waals surface area (Å²) in [5.41, 5.74) is 0.389. The minimum atomic E-state index is -3.88. The first-order valence-electron chi connectivity index (χ1n) is 10.5. The third kappa shape index (κ3) is 3.78. The van der Waals surface area contributed by atoms with Crippen LogP contribution < -0.4 is 4.74 Å². The summed E-state index contributed by atoms with van der Waals surface area (Å²) in [7, 11) is -2.37. The Morgan fingerprint density at radius 1 is 1.17 bits per heavy atom. The molecule has 4 rings (SSSR count). The SMILES string of the molecule is COc1cccc2c(S(=O)(=O)C3CCOC3C)c(C(=O)OC3CCCCC3)cnc12. The smallest absolute Gasteiger partial charge is 0.341 e. The first kappa shape index (κ1) is 21.1. The fourth-order valence-electron chi connectivity index (χ4n) is 4.46. The second kappa shape index (κ2) is 8.51. The van der Waals surface area contributed by atoms with E-state index in [0.717, 1.165) is 32.1 Å². The van der Waals surface area contributed by atoms with Crippen LogP contribution in [0, 0.1) is 0 Å². The van der Waals surface area contributed by atoms with Crippen LogP contribution in [0.15, 0.2) is 29.3 Å². The van der Waals surface area contributed by atoms with Gasteiger partial charge in [-0.05, 0) is 45.1 Å². The number of carbonyl (C=O) groups is 1. The maximum Gasteiger partial charge on any atom is 0.341 e. The van der Waals surface area contributed by atoms with Gasteiger partial charge in [0.2, 0.25) is 0 Å². The van der Waals surface area contributed by atoms with Crippen LogP contribution in [0.4, 0.5) is 0 Å². The molecule has 7 nitrogen and oxygen atoms in total. The average Bonchev–Trinajstić information content (AvgIpc) is 3.19. The molecule has 1 aliphatic heterocycles. The number of aromatic nitrogens is 1. The number of nitrogens with zero attached hydrogens (tertiary/aromatic N) is 1. The van der Waals surface area contributed by atoms with E-state index < -0.39 is 27.2 Å². The second-order valence-electron chi connectivity index (χ2n) is 7.97. The Morgan fingerprint density at radius 2 is 1.93 bits per heavy atom. The van der Waals surface area contributed by atoms with Gasteiger partial charge in [0.05, 0.1) is 28.9 Å². The number of pyridine rings is 1. The van der Waals surface area contributed by atoms with Gasteiger partial charge in [-0.15, -0.1) is 0 Å². The zero-order valence-electron chi connectivity index (χ0n) is 17.3. The van der Waals surface area contributed by atoms with Crippen molar-refractivity contribution in [3.8, 4) is 5.75 Å². The molecule has 2 aromatic rings. The highest BCUT2D eigenvalue weighted by atomic mass is 32.2. The number of methoxy groups -OCH3 is 1. The van der Waals surface area contributed by atoms with Crippen LogP contribution in [-0.2, 0) is 19.3 Å². The predicted molar refractivity (Wildman–Crippen MR) is 112 cm³/mol. The number of esters is 1. The summed E-state index contributed by atoms with van der Waals surface area (Å²) in [6.07, 6.45) is 5.80. The molecule has 0 bridgehead atoms. The van der Waals surface area contributed by atoms with Crippen molar-refractivity contribution in [2.24, 2.45) is 0 Å². The molecule has 1 aliphatic carbocycles. The molecule has 0 amide bonds. The summed E-state index contributed by atoms with van der Waals surface area (Å²) in [5.74, 6) is -0.184. The maximum atomic E-state index is 13.7. The van der Waals surface area contributed by atoms with Crippen molar-refractivity contribution in [2.75, 3.05) is 13.7 Å². The Hall–Kier alpha value is -2.19. The van der Waals surface area contributed by atoms with Gasteiger partial charge in [-0.3, -0.25) is 4.98 Å². The number of fused-ring (bicyclic) bond motifs is 1. The van der Waals surface area contributed by atoms with Crippen LogP contribution in [0.5, 0.6) is 5.75 Å². The van der Waals surface area contributed by atoms with E-state index in [2.05, 4.69) is 4.98 Å². The first-order chi connectivity index (χ1) is 14.4. The molecule has 1 saturated carbocycles. The summed E-state index contributed by atoms with van der Waals surface area (Å²) in [6, 6.07) is 5.08. The van der Waals surface area contributed by atoms with E-state index in [9.17, 15) is 13.2 Å². The predicted octanol–water partition coefficient (Wildman–Crippen LogP) is 3.68. The van der Waals surface area contributed by atoms with Crippen LogP contribution in [-0.4, -0.2) is 50.5 Å². The highest BCUT2D eigenvalue weighted by molar-refractivity contribution is 7.92. The number of ether oxygens (including phenoxy) is 3. The Kier molecular flexibility index (Phi) is 5.97. The van der Waals surface area contributed by atoms with Crippen molar-refractivity contribution in [1.82, 2.24) is 4.98 Å². The minimum absolute atomic E-state index is 0.0135. The number of sulfone groups is 1. The van der Waals surface area contributed by atoms with E-state index in [4.69, 9.17) is 14.2 Å². The fraction of sp³-hybridized carbons (Fsp3) is 0.545. The molecule has 0 spiro atoms. The molecular formula is C22H27NO6S. The molecule has 8 heteroatoms. The lowest BCUT2D eigenvalue weighted by atomic mass is 9.98. The van der Waals surface area contributed by atoms with Crippen LogP contribution in [0.3, 0.4) is 0 Å². The summed E-state index contributed by atoms with van der Waals surface area (Å²) in [6.45, 7) is 2.12. The van der Waals surface area contributed by atoms with Gasteiger partial charge < -0.3 is 14.2 Å². The number of hydrogen-bond donors (Lipinski definition) is 0. The standard InChI is InChI=1S/C22H27NO6S/c1-14-19(11-12-28-14)30(25,26)21-16-9-6-10-18(27-2)20(16)23-13-17(21)22(24)29-15-7-4-3-5-8-15/h6,9-10,13-15,19H,3-5,7-8,11-12H2,1-2H3. The first-order valence-corrected chi connectivity index (χ1v) is 12.0. The fourth-order valence-corrected chi connectivity index (χ4v) is 6.66. The zero-order valence-corrected chi connectivity index (χ0v) is 18.1. The van der Waals surface area contributed by atoms with Crippen molar-refractivity contribution < 1.29 is 27.4 Å². The molecule has 1 aromatic heterocycles. The van der Waals surface area contributed by atoms with Gasteiger partial charge in [-0.25, -0.2) is 13.2 Å². The number of hydrogen-bond acceptors (Lipinski definition) is 7. The van der Waals surface area contributed by atoms with Gasteiger partial charge >= 0.3 is 5.97 Å². The van der Waals surface area contributed by atoms with E-state index in [0.29, 0.717) is 29.7 Å². The number of rotatable bonds is 5. The third-order valence-electron chi connectivity index (χ3n) is 6.07. The third-order valence-corrected chi connectivity index (χ3v) is 8.49. The number of para-hydroxylation sites is 1. The lowest BCUT2D eigenvalue weighted by Gasteiger charge is -2.23. The molecule has 2 fully saturated rings. The molecule has 1 saturated heterocycles. The highest BCUT2D eigenvalue weighted by Gasteiger charge is 2.40. The topological polar surface area (TPSA) is 91.8 Å². The van der Waals surface area contributed by atoms with Crippen LogP contribution in [0.25, 0.3) is 10.9 Å². The molecule has 0 N–H and O–H groups in total. The number of carbonyl (C=O) groups excluding carboxylic acids is 1. The van der Waals surface area contributed by atoms with Crippen LogP contribution in [0.2, 0.25) is 0 Å². The quantitative estimate of drug-likeness (QED) is 0.664. The Labute approximate surface area is 176 Å². The van der Waals surface area contributed by atoms with Gasteiger partial charge in [0.1, 0.15) is 17.4 Å². The van der Waals surface area contributed by atoms with Gasteiger partial charge in [-0.1, -0.05) is 18.6 Å². The summed E-state index contributed by atoms with van der Waals surface area (Å²) in [5, 5.41) is -0.359. The van der Waals surface area contributed by atoms with Gasteiger partial charge in [-0.2, -0.15) is 0 Å². The summed E-state index contributed by atoms with van der Waals surface area (Å²) < 4.78 is 44.0. The van der Waals surface area contributed by atoms with Crippen LogP contribution >= 0.6 is 0 Å². The molecular weight excluding hydrogens is 406 g/mol. The Balaban J connectivity index is 1.85. The lowest BCUT2D eigenvalue weighted by Crippen LogP contribution is -2.30. The summed E-state index contributed by atoms with van der Waals surface area (Å²) in [4.78, 5) is 17.4. The molecule has 30 heavy (non-hydrogen) atoms. The van der Waals surface area contributed by atoms with Gasteiger partial charge in [0.25, 0.3) is 0 Å². The molecule has 0 radical (unpaired) electrons. The minimum Gasteiger partial charge on any atom is -0.494 e. The van der Waals surface area contributed by atoms with E-state index in [1.54, 1.807) is 25.1 Å². The molecule has 2 unspecified atom stereocenters. The van der Waals surface area contributed by atoms with E-state index >= 15 is 0 Å². The van der Waals surface area contributed by atoms with E-state index in [1.807, 2.05) is 0 Å². The van der Waals surface area contributed by atoms with Crippen molar-refractivity contribution in [3.63, 3.8) is 0 Å². The lowest BCUT2D eigenvalue weighted by molar-refractivity contribution is 0.0206. The van der Waals surface area contributed by atoms with E-state index in [1.165, 1.54) is 13.3 Å². The maximum absolute atomic E-state index is 13.7. The molecule has 2 aliphatic rings. The van der Waals surface area contributed by atoms with Crippen molar-refractivity contribution in [1.29, 1.82) is 0 Å². The van der Waals surface area contributed by atoms with Gasteiger partial charge in [0, 0.05) is 18.2 Å². The van der Waals surface area contributed by atoms with E-state index in [-0.39, 0.29) is 16.6 Å². The van der Waals surface area contributed by atoms with Crippen molar-refractivity contribution in [2.45, 2.75) is 67.8 Å². The molecule has 2 heterocycles. The molecule has 2 atom stereocenters. The second-order valence-corrected chi connectivity index (χ2v) is 10.1. The highest BCUT2D eigenvalue weighted by Crippen LogP contribution is 2.36. The van der Waals surface area contributed by atoms with Crippen molar-refractivity contribution in [3.05, 3.63) is 30.0 Å². The zero-order chi connectivity index (χ0) is 21.3. The monoisotopic (exact) mass is 433 g/mol. The summed E-state index contributed by atoms with van der Waals surface area (Å²) >= 11 is 0. The van der Waals surface area contributed by atoms with Gasteiger partial charge in [0.15, 0.2) is 9.84 Å². The number of benzene rings is 1. The largest absolute Gasteiger partial charge is 0.494 e. The Morgan fingerprint density at radius 3 is 2.60 bits per heavy atom. The molecule has 1 aromatic carbocycles. The Bertz CT molecular complexity index is 1050.